The van der Waals surface area contributed by atoms with Crippen LogP contribution in [0.1, 0.15) is 10.4 Å². The van der Waals surface area contributed by atoms with Crippen molar-refractivity contribution in [2.45, 2.75) is 0 Å². The lowest BCUT2D eigenvalue weighted by molar-refractivity contribution is 0.102. The zero-order valence-corrected chi connectivity index (χ0v) is 14.5. The minimum atomic E-state index is -0.208. The van der Waals surface area contributed by atoms with Crippen LogP contribution < -0.4 is 10.1 Å². The van der Waals surface area contributed by atoms with Gasteiger partial charge in [-0.25, -0.2) is 0 Å². The molecule has 0 aliphatic rings. The van der Waals surface area contributed by atoms with Gasteiger partial charge in [0.25, 0.3) is 5.91 Å². The second-order valence-electron chi connectivity index (χ2n) is 6.04. The Morgan fingerprint density at radius 3 is 2.73 bits per heavy atom. The molecular weight excluding hydrogens is 328 g/mol. The molecule has 0 saturated heterocycles. The molecule has 0 saturated carbocycles. The maximum Gasteiger partial charge on any atom is 0.259 e. The number of carbonyl (C=O) groups excluding carboxylic acids is 1. The van der Waals surface area contributed by atoms with Crippen molar-refractivity contribution in [3.05, 3.63) is 66.5 Å². The molecule has 26 heavy (non-hydrogen) atoms. The van der Waals surface area contributed by atoms with E-state index in [1.54, 1.807) is 7.11 Å². The fourth-order valence-electron chi connectivity index (χ4n) is 2.99. The van der Waals surface area contributed by atoms with Gasteiger partial charge in [-0.05, 0) is 48.5 Å². The molecule has 2 aromatic heterocycles. The number of nitrogens with one attached hydrogen (secondary N) is 2. The highest BCUT2D eigenvalue weighted by atomic mass is 16.5. The molecule has 0 bridgehead atoms. The van der Waals surface area contributed by atoms with Gasteiger partial charge in [-0.2, -0.15) is 5.10 Å². The Morgan fingerprint density at radius 1 is 1.15 bits per heavy atom. The van der Waals surface area contributed by atoms with Crippen LogP contribution in [0, 0.1) is 0 Å². The van der Waals surface area contributed by atoms with Crippen molar-refractivity contribution < 1.29 is 9.53 Å². The summed E-state index contributed by atoms with van der Waals surface area (Å²) in [6.45, 7) is 0. The van der Waals surface area contributed by atoms with Crippen LogP contribution in [0.25, 0.3) is 22.2 Å². The number of aryl methyl sites for hydroxylation is 1. The van der Waals surface area contributed by atoms with Crippen LogP contribution in [0.5, 0.6) is 5.75 Å². The molecule has 6 nitrogen and oxygen atoms in total. The lowest BCUT2D eigenvalue weighted by Gasteiger charge is -2.07. The molecule has 0 fully saturated rings. The van der Waals surface area contributed by atoms with Crippen LogP contribution in [0.4, 0.5) is 5.69 Å². The predicted molar refractivity (Wildman–Crippen MR) is 101 cm³/mol. The van der Waals surface area contributed by atoms with Crippen molar-refractivity contribution in [1.29, 1.82) is 0 Å². The fourth-order valence-corrected chi connectivity index (χ4v) is 2.99. The normalized spacial score (nSPS) is 10.8. The summed E-state index contributed by atoms with van der Waals surface area (Å²) in [7, 11) is 3.61. The van der Waals surface area contributed by atoms with Gasteiger partial charge in [0.2, 0.25) is 0 Å². The second-order valence-corrected chi connectivity index (χ2v) is 6.04. The number of ether oxygens (including phenoxy) is 1. The monoisotopic (exact) mass is 346 g/mol. The van der Waals surface area contributed by atoms with Crippen LogP contribution in [0.3, 0.4) is 0 Å². The largest absolute Gasteiger partial charge is 0.497 e. The lowest BCUT2D eigenvalue weighted by Crippen LogP contribution is -2.12. The highest BCUT2D eigenvalue weighted by Gasteiger charge is 2.16. The molecule has 0 spiro atoms. The summed E-state index contributed by atoms with van der Waals surface area (Å²) in [4.78, 5) is 12.7. The first-order chi connectivity index (χ1) is 12.7. The molecule has 2 heterocycles. The molecule has 2 aromatic carbocycles. The van der Waals surface area contributed by atoms with Crippen LogP contribution in [0.2, 0.25) is 0 Å². The topological polar surface area (TPSA) is 71.9 Å². The van der Waals surface area contributed by atoms with E-state index >= 15 is 0 Å². The van der Waals surface area contributed by atoms with E-state index in [1.807, 2.05) is 66.3 Å². The smallest absolute Gasteiger partial charge is 0.259 e. The number of aromatic nitrogens is 3. The molecule has 0 aliphatic heterocycles. The number of rotatable bonds is 4. The number of hydrogen-bond donors (Lipinski definition) is 2. The van der Waals surface area contributed by atoms with Crippen molar-refractivity contribution in [2.75, 3.05) is 12.4 Å². The van der Waals surface area contributed by atoms with Gasteiger partial charge >= 0.3 is 0 Å². The number of aromatic amines is 1. The molecule has 0 radical (unpaired) electrons. The maximum atomic E-state index is 12.7. The number of carbonyl (C=O) groups is 1. The molecule has 4 rings (SSSR count). The van der Waals surface area contributed by atoms with E-state index in [0.29, 0.717) is 11.3 Å². The Bertz CT molecular complexity index is 1080. The van der Waals surface area contributed by atoms with E-state index < -0.39 is 0 Å². The maximum absolute atomic E-state index is 12.7. The number of benzene rings is 2. The van der Waals surface area contributed by atoms with Crippen LogP contribution in [-0.2, 0) is 7.05 Å². The summed E-state index contributed by atoms with van der Waals surface area (Å²) in [5, 5.41) is 11.0. The van der Waals surface area contributed by atoms with Gasteiger partial charge in [-0.3, -0.25) is 9.89 Å². The standard InChI is InChI=1S/C20H18N4O2/c1-24-10-9-14-11-15(5-8-18(14)24)22-20(25)17-12-21-23-19(17)13-3-6-16(26-2)7-4-13/h3-12H,1-2H3,(H,21,23)(H,22,25). The first kappa shape index (κ1) is 16.0. The highest BCUT2D eigenvalue weighted by molar-refractivity contribution is 6.08. The Balaban J connectivity index is 1.60. The van der Waals surface area contributed by atoms with E-state index in [9.17, 15) is 4.79 Å². The number of amides is 1. The number of anilines is 1. The average Bonchev–Trinajstić information content (AvgIpc) is 3.29. The second kappa shape index (κ2) is 6.40. The zero-order chi connectivity index (χ0) is 18.1. The van der Waals surface area contributed by atoms with Gasteiger partial charge in [0, 0.05) is 35.4 Å². The molecule has 0 unspecified atom stereocenters. The van der Waals surface area contributed by atoms with Gasteiger partial charge in [0.15, 0.2) is 0 Å². The third-order valence-corrected chi connectivity index (χ3v) is 4.41. The Labute approximate surface area is 150 Å². The Morgan fingerprint density at radius 2 is 1.96 bits per heavy atom. The summed E-state index contributed by atoms with van der Waals surface area (Å²) >= 11 is 0. The van der Waals surface area contributed by atoms with E-state index in [2.05, 4.69) is 15.5 Å². The molecule has 6 heteroatoms. The molecule has 1 amide bonds. The van der Waals surface area contributed by atoms with Crippen LogP contribution in [-0.4, -0.2) is 27.8 Å². The van der Waals surface area contributed by atoms with E-state index in [1.165, 1.54) is 6.20 Å². The summed E-state index contributed by atoms with van der Waals surface area (Å²) in [5.74, 6) is 0.551. The number of H-pyrrole nitrogens is 1. The summed E-state index contributed by atoms with van der Waals surface area (Å²) in [6, 6.07) is 15.3. The molecule has 2 N–H and O–H groups in total. The number of nitrogens with zero attached hydrogens (tertiary/aromatic N) is 2. The fraction of sp³-hybridized carbons (Fsp3) is 0.100. The van der Waals surface area contributed by atoms with E-state index in [-0.39, 0.29) is 5.91 Å². The minimum absolute atomic E-state index is 0.208. The third kappa shape index (κ3) is 2.82. The van der Waals surface area contributed by atoms with Gasteiger partial charge in [0.1, 0.15) is 5.75 Å². The Kier molecular flexibility index (Phi) is 3.93. The van der Waals surface area contributed by atoms with Crippen molar-refractivity contribution in [1.82, 2.24) is 14.8 Å². The highest BCUT2D eigenvalue weighted by Crippen LogP contribution is 2.25. The molecule has 0 atom stereocenters. The van der Waals surface area contributed by atoms with Gasteiger partial charge in [-0.1, -0.05) is 0 Å². The minimum Gasteiger partial charge on any atom is -0.497 e. The number of hydrogen-bond acceptors (Lipinski definition) is 3. The quantitative estimate of drug-likeness (QED) is 0.590. The summed E-state index contributed by atoms with van der Waals surface area (Å²) in [5.41, 5.74) is 3.89. The SMILES string of the molecule is COc1ccc(-c2[nH]ncc2C(=O)Nc2ccc3c(ccn3C)c2)cc1. The van der Waals surface area contributed by atoms with E-state index in [0.717, 1.165) is 27.9 Å². The van der Waals surface area contributed by atoms with Crippen molar-refractivity contribution in [2.24, 2.45) is 7.05 Å². The van der Waals surface area contributed by atoms with Gasteiger partial charge in [-0.15, -0.1) is 0 Å². The van der Waals surface area contributed by atoms with E-state index in [4.69, 9.17) is 4.74 Å². The van der Waals surface area contributed by atoms with Crippen LogP contribution in [0.15, 0.2) is 60.9 Å². The molecule has 130 valence electrons. The zero-order valence-electron chi connectivity index (χ0n) is 14.5. The third-order valence-electron chi connectivity index (χ3n) is 4.41. The number of methoxy groups -OCH3 is 1. The van der Waals surface area contributed by atoms with Crippen molar-refractivity contribution in [3.63, 3.8) is 0 Å². The first-order valence-electron chi connectivity index (χ1n) is 8.20. The van der Waals surface area contributed by atoms with Gasteiger partial charge in [0.05, 0.1) is 24.6 Å². The predicted octanol–water partition coefficient (Wildman–Crippen LogP) is 3.83. The molecule has 4 aromatic rings. The summed E-state index contributed by atoms with van der Waals surface area (Å²) in [6.07, 6.45) is 3.53. The van der Waals surface area contributed by atoms with Gasteiger partial charge < -0.3 is 14.6 Å². The summed E-state index contributed by atoms with van der Waals surface area (Å²) < 4.78 is 7.21. The lowest BCUT2D eigenvalue weighted by atomic mass is 10.1. The Hall–Kier alpha value is -3.54. The molecular formula is C20H18N4O2. The van der Waals surface area contributed by atoms with Crippen molar-refractivity contribution in [3.8, 4) is 17.0 Å². The molecule has 0 aliphatic carbocycles. The first-order valence-corrected chi connectivity index (χ1v) is 8.20. The average molecular weight is 346 g/mol. The number of fused-ring (bicyclic) bond motifs is 1. The van der Waals surface area contributed by atoms with Crippen LogP contribution >= 0.6 is 0 Å². The van der Waals surface area contributed by atoms with Crippen molar-refractivity contribution >= 4 is 22.5 Å².